The third-order valence-corrected chi connectivity index (χ3v) is 5.24. The fourth-order valence-electron chi connectivity index (χ4n) is 3.47. The van der Waals surface area contributed by atoms with Crippen LogP contribution in [0.1, 0.15) is 37.3 Å². The molecule has 0 radical (unpaired) electrons. The largest absolute Gasteiger partial charge is 0.402 e. The summed E-state index contributed by atoms with van der Waals surface area (Å²) in [6, 6.07) is 23.2. The van der Waals surface area contributed by atoms with Crippen molar-refractivity contribution in [3.63, 3.8) is 0 Å². The maximum absolute atomic E-state index is 13.5. The van der Waals surface area contributed by atoms with Gasteiger partial charge in [0.05, 0.1) is 11.6 Å². The minimum Gasteiger partial charge on any atom is -0.402 e. The number of halogens is 1. The summed E-state index contributed by atoms with van der Waals surface area (Å²) in [6.45, 7) is 2.07. The number of amides is 1. The molecule has 32 heavy (non-hydrogen) atoms. The highest BCUT2D eigenvalue weighted by Gasteiger charge is 2.16. The number of rotatable bonds is 8. The monoisotopic (exact) mass is 427 g/mol. The number of carbonyl (C=O) groups is 1. The van der Waals surface area contributed by atoms with E-state index in [0.717, 1.165) is 29.5 Å². The first-order valence-electron chi connectivity index (χ1n) is 10.6. The van der Waals surface area contributed by atoms with Crippen LogP contribution >= 0.6 is 0 Å². The molecule has 0 bridgehead atoms. The Morgan fingerprint density at radius 1 is 1.06 bits per heavy atom. The summed E-state index contributed by atoms with van der Waals surface area (Å²) < 4.78 is 13.5. The third kappa shape index (κ3) is 5.83. The highest BCUT2D eigenvalue weighted by atomic mass is 19.1. The Bertz CT molecular complexity index is 1160. The molecule has 0 fully saturated rings. The number of nitrogens with zero attached hydrogens (tertiary/aromatic N) is 1. The van der Waals surface area contributed by atoms with Gasteiger partial charge in [0.1, 0.15) is 5.82 Å². The summed E-state index contributed by atoms with van der Waals surface area (Å²) in [7, 11) is 0. The lowest BCUT2D eigenvalue weighted by molar-refractivity contribution is -0.113. The Balaban J connectivity index is 1.84. The molecule has 0 heterocycles. The van der Waals surface area contributed by atoms with E-state index in [1.807, 2.05) is 42.5 Å². The zero-order valence-electron chi connectivity index (χ0n) is 18.1. The first-order valence-corrected chi connectivity index (χ1v) is 10.6. The summed E-state index contributed by atoms with van der Waals surface area (Å²) in [5, 5.41) is 12.1. The summed E-state index contributed by atoms with van der Waals surface area (Å²) >= 11 is 0. The Morgan fingerprint density at radius 3 is 2.50 bits per heavy atom. The topological polar surface area (TPSA) is 78.9 Å². The molecule has 0 unspecified atom stereocenters. The zero-order chi connectivity index (χ0) is 22.9. The van der Waals surface area contributed by atoms with Gasteiger partial charge >= 0.3 is 0 Å². The van der Waals surface area contributed by atoms with Gasteiger partial charge < -0.3 is 11.1 Å². The normalized spacial score (nSPS) is 11.4. The Hall–Kier alpha value is -3.91. The molecule has 5 heteroatoms. The van der Waals surface area contributed by atoms with Gasteiger partial charge in [0.15, 0.2) is 0 Å². The molecule has 0 aliphatic carbocycles. The molecule has 3 aromatic carbocycles. The lowest BCUT2D eigenvalue weighted by Crippen LogP contribution is -2.20. The van der Waals surface area contributed by atoms with Crippen LogP contribution in [0.5, 0.6) is 0 Å². The highest BCUT2D eigenvalue weighted by Crippen LogP contribution is 2.25. The van der Waals surface area contributed by atoms with Crippen molar-refractivity contribution in [2.75, 3.05) is 5.32 Å². The Kier molecular flexibility index (Phi) is 7.77. The van der Waals surface area contributed by atoms with Crippen LogP contribution in [0.3, 0.4) is 0 Å². The molecule has 0 atom stereocenters. The SMILES string of the molecule is CCCC/C(N)=C(\Cc1ccc(-c2ccccc2C#N)cc1)C(=O)Nc1cccc(F)c1. The van der Waals surface area contributed by atoms with Crippen LogP contribution in [0.15, 0.2) is 84.1 Å². The zero-order valence-corrected chi connectivity index (χ0v) is 18.1. The van der Waals surface area contributed by atoms with Crippen LogP contribution in [0.25, 0.3) is 11.1 Å². The number of nitrogens with one attached hydrogen (secondary N) is 1. The molecule has 4 nitrogen and oxygen atoms in total. The number of carbonyl (C=O) groups excluding carboxylic acids is 1. The molecule has 162 valence electrons. The molecule has 3 aromatic rings. The first kappa shape index (κ1) is 22.8. The smallest absolute Gasteiger partial charge is 0.253 e. The second kappa shape index (κ2) is 10.9. The molecular formula is C27H26FN3O. The van der Waals surface area contributed by atoms with Crippen molar-refractivity contribution in [2.24, 2.45) is 5.73 Å². The molecule has 3 N–H and O–H groups in total. The third-order valence-electron chi connectivity index (χ3n) is 5.24. The van der Waals surface area contributed by atoms with E-state index in [-0.39, 0.29) is 5.91 Å². The van der Waals surface area contributed by atoms with Crippen molar-refractivity contribution < 1.29 is 9.18 Å². The molecule has 3 rings (SSSR count). The number of hydrogen-bond donors (Lipinski definition) is 2. The van der Waals surface area contributed by atoms with Gasteiger partial charge in [-0.2, -0.15) is 5.26 Å². The van der Waals surface area contributed by atoms with Gasteiger partial charge in [-0.15, -0.1) is 0 Å². The van der Waals surface area contributed by atoms with Crippen molar-refractivity contribution in [1.82, 2.24) is 0 Å². The number of hydrogen-bond acceptors (Lipinski definition) is 3. The summed E-state index contributed by atoms with van der Waals surface area (Å²) in [6.07, 6.45) is 2.83. The van der Waals surface area contributed by atoms with Crippen LogP contribution in [0, 0.1) is 17.1 Å². The van der Waals surface area contributed by atoms with Crippen molar-refractivity contribution in [1.29, 1.82) is 5.26 Å². The van der Waals surface area contributed by atoms with E-state index in [4.69, 9.17) is 5.73 Å². The van der Waals surface area contributed by atoms with Gasteiger partial charge in [-0.05, 0) is 53.8 Å². The minimum atomic E-state index is -0.416. The maximum Gasteiger partial charge on any atom is 0.253 e. The minimum absolute atomic E-state index is 0.330. The van der Waals surface area contributed by atoms with Crippen LogP contribution in [0.4, 0.5) is 10.1 Å². The predicted molar refractivity (Wildman–Crippen MR) is 126 cm³/mol. The predicted octanol–water partition coefficient (Wildman–Crippen LogP) is 5.95. The molecular weight excluding hydrogens is 401 g/mol. The van der Waals surface area contributed by atoms with Crippen molar-refractivity contribution in [2.45, 2.75) is 32.6 Å². The number of anilines is 1. The Morgan fingerprint density at radius 2 is 1.81 bits per heavy atom. The first-order chi connectivity index (χ1) is 15.5. The summed E-state index contributed by atoms with van der Waals surface area (Å²) in [5.74, 6) is -0.747. The molecule has 0 saturated carbocycles. The second-order valence-electron chi connectivity index (χ2n) is 7.60. The van der Waals surface area contributed by atoms with E-state index in [0.29, 0.717) is 35.4 Å². The average Bonchev–Trinajstić information content (AvgIpc) is 2.81. The van der Waals surface area contributed by atoms with Gasteiger partial charge in [0, 0.05) is 23.4 Å². The fraction of sp³-hybridized carbons (Fsp3) is 0.185. The Labute approximate surface area is 188 Å². The van der Waals surface area contributed by atoms with Crippen molar-refractivity contribution in [3.8, 4) is 17.2 Å². The maximum atomic E-state index is 13.5. The number of unbranched alkanes of at least 4 members (excludes halogenated alkanes) is 1. The van der Waals surface area contributed by atoms with Crippen LogP contribution in [-0.2, 0) is 11.2 Å². The van der Waals surface area contributed by atoms with Crippen molar-refractivity contribution >= 4 is 11.6 Å². The van der Waals surface area contributed by atoms with Gasteiger partial charge in [-0.3, -0.25) is 4.79 Å². The van der Waals surface area contributed by atoms with Gasteiger partial charge in [-0.25, -0.2) is 4.39 Å². The fourth-order valence-corrected chi connectivity index (χ4v) is 3.47. The van der Waals surface area contributed by atoms with E-state index in [9.17, 15) is 14.4 Å². The quantitative estimate of drug-likeness (QED) is 0.436. The van der Waals surface area contributed by atoms with E-state index in [2.05, 4.69) is 18.3 Å². The molecule has 1 amide bonds. The standard InChI is InChI=1S/C27H26FN3O/c1-2-3-11-26(30)25(27(32)31-23-9-6-8-22(28)17-23)16-19-12-14-20(15-13-19)24-10-5-4-7-21(24)18-29/h4-10,12-15,17H,2-3,11,16,30H2,1H3,(H,31,32)/b26-25-. The van der Waals surface area contributed by atoms with E-state index in [1.54, 1.807) is 18.2 Å². The lowest BCUT2D eigenvalue weighted by atomic mass is 9.96. The molecule has 0 spiro atoms. The van der Waals surface area contributed by atoms with Crippen LogP contribution in [-0.4, -0.2) is 5.91 Å². The number of allylic oxidation sites excluding steroid dienone is 1. The van der Waals surface area contributed by atoms with Crippen molar-refractivity contribution in [3.05, 3.63) is 101 Å². The molecule has 0 aliphatic rings. The van der Waals surface area contributed by atoms with Crippen LogP contribution in [0.2, 0.25) is 0 Å². The van der Waals surface area contributed by atoms with E-state index >= 15 is 0 Å². The average molecular weight is 428 g/mol. The second-order valence-corrected chi connectivity index (χ2v) is 7.60. The highest BCUT2D eigenvalue weighted by molar-refractivity contribution is 6.04. The summed E-state index contributed by atoms with van der Waals surface area (Å²) in [5.41, 5.74) is 11.0. The number of nitrogens with two attached hydrogens (primary N) is 1. The van der Waals surface area contributed by atoms with E-state index < -0.39 is 5.82 Å². The summed E-state index contributed by atoms with van der Waals surface area (Å²) in [4.78, 5) is 13.0. The van der Waals surface area contributed by atoms with Crippen LogP contribution < -0.4 is 11.1 Å². The number of benzene rings is 3. The van der Waals surface area contributed by atoms with Gasteiger partial charge in [0.25, 0.3) is 5.91 Å². The molecule has 0 aromatic heterocycles. The lowest BCUT2D eigenvalue weighted by Gasteiger charge is -2.14. The van der Waals surface area contributed by atoms with Gasteiger partial charge in [-0.1, -0.05) is 61.9 Å². The molecule has 0 aliphatic heterocycles. The van der Waals surface area contributed by atoms with Gasteiger partial charge in [0.2, 0.25) is 0 Å². The van der Waals surface area contributed by atoms with E-state index in [1.165, 1.54) is 12.1 Å². The number of nitriles is 1. The molecule has 0 saturated heterocycles.